The van der Waals surface area contributed by atoms with Gasteiger partial charge in [0.15, 0.2) is 0 Å². The Labute approximate surface area is 245 Å². The van der Waals surface area contributed by atoms with Gasteiger partial charge in [-0.2, -0.15) is 0 Å². The molecule has 0 amide bonds. The summed E-state index contributed by atoms with van der Waals surface area (Å²) in [6.45, 7) is 0. The molecule has 0 aliphatic rings. The molecule has 2 heterocycles. The lowest BCUT2D eigenvalue weighted by Crippen LogP contribution is -2.06. The summed E-state index contributed by atoms with van der Waals surface area (Å²) in [6.07, 6.45) is 4.01. The Hall–Kier alpha value is -4.74. The number of ether oxygens (including phenoxy) is 5. The van der Waals surface area contributed by atoms with Gasteiger partial charge in [-0.25, -0.2) is 24.7 Å². The molecule has 0 saturated heterocycles. The first-order valence-electron chi connectivity index (χ1n) is 11.7. The smallest absolute Gasteiger partial charge is 0.341 e. The van der Waals surface area contributed by atoms with E-state index in [0.717, 1.165) is 0 Å². The molecule has 0 aliphatic heterocycles. The Morgan fingerprint density at radius 3 is 1.88 bits per heavy atom. The highest BCUT2D eigenvalue weighted by atomic mass is 35.5. The number of esters is 2. The Morgan fingerprint density at radius 1 is 0.756 bits per heavy atom. The first-order valence-corrected chi connectivity index (χ1v) is 12.5. The number of aromatic nitrogens is 4. The summed E-state index contributed by atoms with van der Waals surface area (Å²) in [7, 11) is 4.08. The molecule has 2 aromatic carbocycles. The second-order valence-electron chi connectivity index (χ2n) is 7.68. The average Bonchev–Trinajstić information content (AvgIpc) is 2.97. The molecule has 212 valence electrons. The van der Waals surface area contributed by atoms with E-state index < -0.39 is 5.97 Å². The standard InChI is InChI=1S/C15H13ClN2O4.C13H11ClN2O3/c1-20-8-11(15(19)21-2)10-5-3-4-6-12(10)22-14-7-13(16)17-9-18-14;1-18-13(17)6-9-4-2-3-5-10(9)19-12-7-11(14)15-8-16-12/h3-9H,1-2H3;2-5,7-8H,6H2,1H3/b11-8+;. The molecule has 0 radical (unpaired) electrons. The maximum atomic E-state index is 11.9. The van der Waals surface area contributed by atoms with Crippen LogP contribution >= 0.6 is 23.2 Å². The maximum absolute atomic E-state index is 11.9. The van der Waals surface area contributed by atoms with Crippen molar-refractivity contribution >= 4 is 40.7 Å². The van der Waals surface area contributed by atoms with E-state index in [-0.39, 0.29) is 34.1 Å². The normalized spacial score (nSPS) is 10.5. The van der Waals surface area contributed by atoms with Crippen LogP contribution in [-0.4, -0.2) is 53.2 Å². The third-order valence-corrected chi connectivity index (χ3v) is 5.41. The highest BCUT2D eigenvalue weighted by molar-refractivity contribution is 6.29. The van der Waals surface area contributed by atoms with Crippen LogP contribution in [0, 0.1) is 0 Å². The minimum Gasteiger partial charge on any atom is -0.503 e. The Bertz CT molecular complexity index is 1520. The minimum atomic E-state index is -0.543. The zero-order chi connectivity index (χ0) is 29.6. The summed E-state index contributed by atoms with van der Waals surface area (Å²) in [5.74, 6) is 0.635. The molecule has 2 aromatic heterocycles. The quantitative estimate of drug-likeness (QED) is 0.101. The van der Waals surface area contributed by atoms with Crippen molar-refractivity contribution in [1.82, 2.24) is 19.9 Å². The summed E-state index contributed by atoms with van der Waals surface area (Å²) in [6, 6.07) is 17.1. The predicted octanol–water partition coefficient (Wildman–Crippen LogP) is 5.72. The predicted molar refractivity (Wildman–Crippen MR) is 150 cm³/mol. The van der Waals surface area contributed by atoms with Gasteiger partial charge in [-0.15, -0.1) is 0 Å². The van der Waals surface area contributed by atoms with Gasteiger partial charge < -0.3 is 23.7 Å². The van der Waals surface area contributed by atoms with Gasteiger partial charge in [0.1, 0.15) is 40.0 Å². The number of hydrogen-bond acceptors (Lipinski definition) is 11. The molecule has 0 spiro atoms. The first-order chi connectivity index (χ1) is 19.8. The van der Waals surface area contributed by atoms with Crippen molar-refractivity contribution in [3.8, 4) is 23.3 Å². The molecule has 0 unspecified atom stereocenters. The summed E-state index contributed by atoms with van der Waals surface area (Å²) >= 11 is 11.6. The molecule has 4 rings (SSSR count). The minimum absolute atomic E-state index is 0.130. The van der Waals surface area contributed by atoms with Crippen LogP contribution in [0.1, 0.15) is 11.1 Å². The SMILES string of the molecule is CO/C=C(/C(=O)OC)c1ccccc1Oc1cc(Cl)ncn1.COC(=O)Cc1ccccc1Oc1cc(Cl)ncn1. The van der Waals surface area contributed by atoms with E-state index in [4.69, 9.17) is 42.1 Å². The van der Waals surface area contributed by atoms with Gasteiger partial charge in [-0.05, 0) is 12.1 Å². The number of hydrogen-bond donors (Lipinski definition) is 0. The molecule has 4 aromatic rings. The van der Waals surface area contributed by atoms with Crippen molar-refractivity contribution < 1.29 is 33.3 Å². The number of benzene rings is 2. The van der Waals surface area contributed by atoms with Gasteiger partial charge >= 0.3 is 11.9 Å². The summed E-state index contributed by atoms with van der Waals surface area (Å²) in [5, 5.41) is 0.540. The van der Waals surface area contributed by atoms with E-state index in [1.54, 1.807) is 42.5 Å². The molecule has 0 fully saturated rings. The van der Waals surface area contributed by atoms with E-state index in [2.05, 4.69) is 24.7 Å². The maximum Gasteiger partial charge on any atom is 0.341 e. The zero-order valence-electron chi connectivity index (χ0n) is 22.1. The van der Waals surface area contributed by atoms with Crippen LogP contribution in [-0.2, 0) is 30.2 Å². The Balaban J connectivity index is 0.000000228. The van der Waals surface area contributed by atoms with Crippen LogP contribution in [0.4, 0.5) is 0 Å². The van der Waals surface area contributed by atoms with Crippen molar-refractivity contribution in [2.45, 2.75) is 6.42 Å². The van der Waals surface area contributed by atoms with Gasteiger partial charge in [0.2, 0.25) is 11.8 Å². The molecular weight excluding hydrogens is 575 g/mol. The average molecular weight is 599 g/mol. The number of nitrogens with zero attached hydrogens (tertiary/aromatic N) is 4. The summed E-state index contributed by atoms with van der Waals surface area (Å²) < 4.78 is 25.6. The van der Waals surface area contributed by atoms with Crippen LogP contribution in [0.15, 0.2) is 79.6 Å². The lowest BCUT2D eigenvalue weighted by atomic mass is 10.1. The van der Waals surface area contributed by atoms with Crippen LogP contribution in [0.3, 0.4) is 0 Å². The fourth-order valence-corrected chi connectivity index (χ4v) is 3.45. The number of halogens is 2. The lowest BCUT2D eigenvalue weighted by Gasteiger charge is -2.11. The highest BCUT2D eigenvalue weighted by Gasteiger charge is 2.18. The number of methoxy groups -OCH3 is 3. The Kier molecular flexibility index (Phi) is 11.8. The van der Waals surface area contributed by atoms with E-state index in [1.165, 1.54) is 52.4 Å². The van der Waals surface area contributed by atoms with E-state index in [1.807, 2.05) is 6.07 Å². The van der Waals surface area contributed by atoms with Gasteiger partial charge in [-0.1, -0.05) is 59.6 Å². The van der Waals surface area contributed by atoms with Crippen LogP contribution < -0.4 is 9.47 Å². The number of carbonyl (C=O) groups excluding carboxylic acids is 2. The second-order valence-corrected chi connectivity index (χ2v) is 8.45. The number of carbonyl (C=O) groups is 2. The van der Waals surface area contributed by atoms with Crippen LogP contribution in [0.5, 0.6) is 23.3 Å². The molecule has 0 bridgehead atoms. The van der Waals surface area contributed by atoms with E-state index in [0.29, 0.717) is 28.5 Å². The van der Waals surface area contributed by atoms with Gasteiger partial charge in [0.25, 0.3) is 0 Å². The van der Waals surface area contributed by atoms with Crippen molar-refractivity contribution in [2.75, 3.05) is 21.3 Å². The number of para-hydroxylation sites is 2. The van der Waals surface area contributed by atoms with Gasteiger partial charge in [0, 0.05) is 23.3 Å². The molecule has 0 aliphatic carbocycles. The van der Waals surface area contributed by atoms with Crippen molar-refractivity contribution in [1.29, 1.82) is 0 Å². The van der Waals surface area contributed by atoms with E-state index in [9.17, 15) is 9.59 Å². The van der Waals surface area contributed by atoms with Crippen LogP contribution in [0.25, 0.3) is 5.57 Å². The van der Waals surface area contributed by atoms with Gasteiger partial charge in [-0.3, -0.25) is 4.79 Å². The molecular formula is C28H24Cl2N4O7. The molecule has 13 heteroatoms. The Morgan fingerprint density at radius 2 is 1.32 bits per heavy atom. The fourth-order valence-electron chi connectivity index (χ4n) is 3.18. The monoisotopic (exact) mass is 598 g/mol. The fraction of sp³-hybridized carbons (Fsp3) is 0.143. The number of rotatable bonds is 9. The third kappa shape index (κ3) is 9.45. The molecule has 0 atom stereocenters. The molecule has 41 heavy (non-hydrogen) atoms. The van der Waals surface area contributed by atoms with Gasteiger partial charge in [0.05, 0.1) is 34.0 Å². The molecule has 0 saturated carbocycles. The highest BCUT2D eigenvalue weighted by Crippen LogP contribution is 2.30. The van der Waals surface area contributed by atoms with E-state index >= 15 is 0 Å². The lowest BCUT2D eigenvalue weighted by molar-refractivity contribution is -0.139. The van der Waals surface area contributed by atoms with Crippen molar-refractivity contribution in [3.63, 3.8) is 0 Å². The zero-order valence-corrected chi connectivity index (χ0v) is 23.6. The summed E-state index contributed by atoms with van der Waals surface area (Å²) in [4.78, 5) is 38.7. The second kappa shape index (κ2) is 15.8. The van der Waals surface area contributed by atoms with Crippen molar-refractivity contribution in [2.24, 2.45) is 0 Å². The molecule has 0 N–H and O–H groups in total. The summed E-state index contributed by atoms with van der Waals surface area (Å²) in [5.41, 5.74) is 1.44. The third-order valence-electron chi connectivity index (χ3n) is 5.00. The topological polar surface area (TPSA) is 132 Å². The first kappa shape index (κ1) is 30.8. The van der Waals surface area contributed by atoms with Crippen LogP contribution in [0.2, 0.25) is 10.3 Å². The molecule has 11 nitrogen and oxygen atoms in total. The largest absolute Gasteiger partial charge is 0.503 e. The van der Waals surface area contributed by atoms with Crippen molar-refractivity contribution in [3.05, 3.63) is 101 Å².